The fourth-order valence-corrected chi connectivity index (χ4v) is 1.43. The average molecular weight is 159 g/mol. The molecule has 0 heterocycles. The molecule has 1 unspecified atom stereocenters. The van der Waals surface area contributed by atoms with Crippen LogP contribution in [0.15, 0.2) is 0 Å². The molecular weight excluding hydrogens is 138 g/mol. The van der Waals surface area contributed by atoms with Gasteiger partial charge in [-0.05, 0) is 27.3 Å². The lowest BCUT2D eigenvalue weighted by molar-refractivity contribution is 0.0877. The molecule has 3 heteroatoms. The van der Waals surface area contributed by atoms with Crippen molar-refractivity contribution in [2.45, 2.75) is 39.4 Å². The highest BCUT2D eigenvalue weighted by Gasteiger charge is 2.25. The Morgan fingerprint density at radius 2 is 1.91 bits per heavy atom. The molecule has 0 aliphatic carbocycles. The number of likely N-dealkylation sites (N-methyl/N-ethyl adjacent to an activating group) is 1. The molecule has 4 N–H and O–H groups in total. The maximum atomic E-state index is 5.97. The van der Waals surface area contributed by atoms with Crippen LogP contribution < -0.4 is 11.5 Å². The highest BCUT2D eigenvalue weighted by Crippen LogP contribution is 2.09. The van der Waals surface area contributed by atoms with Crippen LogP contribution in [0.25, 0.3) is 0 Å². The standard InChI is InChI=1S/C8H21N3/c1-5-11(7(2)3)8(4,10)6-9/h7H,5-6,9-10H2,1-4H3. The van der Waals surface area contributed by atoms with Gasteiger partial charge in [-0.15, -0.1) is 0 Å². The lowest BCUT2D eigenvalue weighted by Gasteiger charge is -2.39. The number of rotatable bonds is 4. The van der Waals surface area contributed by atoms with Crippen molar-refractivity contribution < 1.29 is 0 Å². The third-order valence-electron chi connectivity index (χ3n) is 2.03. The van der Waals surface area contributed by atoms with Gasteiger partial charge in [0, 0.05) is 12.6 Å². The van der Waals surface area contributed by atoms with Crippen LogP contribution >= 0.6 is 0 Å². The molecule has 0 aromatic rings. The monoisotopic (exact) mass is 159 g/mol. The van der Waals surface area contributed by atoms with Crippen LogP contribution in [0.3, 0.4) is 0 Å². The fourth-order valence-electron chi connectivity index (χ4n) is 1.43. The van der Waals surface area contributed by atoms with E-state index in [1.54, 1.807) is 0 Å². The van der Waals surface area contributed by atoms with Gasteiger partial charge in [0.15, 0.2) is 0 Å². The van der Waals surface area contributed by atoms with E-state index in [0.29, 0.717) is 12.6 Å². The Morgan fingerprint density at radius 3 is 2.00 bits per heavy atom. The normalized spacial score (nSPS) is 17.5. The third kappa shape index (κ3) is 2.77. The SMILES string of the molecule is CCN(C(C)C)C(C)(N)CN. The molecule has 0 spiro atoms. The van der Waals surface area contributed by atoms with Crippen molar-refractivity contribution in [3.8, 4) is 0 Å². The predicted molar refractivity (Wildman–Crippen MR) is 49.2 cm³/mol. The Kier molecular flexibility index (Phi) is 4.00. The van der Waals surface area contributed by atoms with Crippen molar-refractivity contribution in [1.82, 2.24) is 4.90 Å². The van der Waals surface area contributed by atoms with Gasteiger partial charge in [-0.25, -0.2) is 0 Å². The molecule has 0 saturated heterocycles. The summed E-state index contributed by atoms with van der Waals surface area (Å²) in [4.78, 5) is 2.19. The topological polar surface area (TPSA) is 55.3 Å². The molecule has 0 rings (SSSR count). The van der Waals surface area contributed by atoms with Gasteiger partial charge in [0.05, 0.1) is 5.66 Å². The molecule has 0 aromatic heterocycles. The zero-order chi connectivity index (χ0) is 9.07. The molecule has 11 heavy (non-hydrogen) atoms. The van der Waals surface area contributed by atoms with Crippen LogP contribution in [-0.4, -0.2) is 29.7 Å². The summed E-state index contributed by atoms with van der Waals surface area (Å²) >= 11 is 0. The van der Waals surface area contributed by atoms with Crippen LogP contribution in [0.5, 0.6) is 0 Å². The maximum absolute atomic E-state index is 5.97. The van der Waals surface area contributed by atoms with Crippen molar-refractivity contribution in [1.29, 1.82) is 0 Å². The summed E-state index contributed by atoms with van der Waals surface area (Å²) in [6.07, 6.45) is 0. The molecule has 0 aliphatic rings. The summed E-state index contributed by atoms with van der Waals surface area (Å²) in [5.41, 5.74) is 11.2. The Labute approximate surface area is 69.7 Å². The minimum Gasteiger partial charge on any atom is -0.328 e. The van der Waals surface area contributed by atoms with E-state index in [1.165, 1.54) is 0 Å². The van der Waals surface area contributed by atoms with Crippen molar-refractivity contribution in [3.05, 3.63) is 0 Å². The predicted octanol–water partition coefficient (Wildman–Crippen LogP) is 0.350. The van der Waals surface area contributed by atoms with E-state index in [-0.39, 0.29) is 5.66 Å². The van der Waals surface area contributed by atoms with Gasteiger partial charge in [-0.2, -0.15) is 0 Å². The van der Waals surface area contributed by atoms with Gasteiger partial charge in [-0.3, -0.25) is 4.90 Å². The van der Waals surface area contributed by atoms with E-state index < -0.39 is 0 Å². The van der Waals surface area contributed by atoms with Crippen molar-refractivity contribution in [2.75, 3.05) is 13.1 Å². The zero-order valence-corrected chi connectivity index (χ0v) is 8.09. The first kappa shape index (κ1) is 10.9. The van der Waals surface area contributed by atoms with Crippen LogP contribution in [0, 0.1) is 0 Å². The van der Waals surface area contributed by atoms with Gasteiger partial charge in [-0.1, -0.05) is 6.92 Å². The summed E-state index contributed by atoms with van der Waals surface area (Å²) in [5, 5.41) is 0. The quantitative estimate of drug-likeness (QED) is 0.582. The molecule has 3 nitrogen and oxygen atoms in total. The lowest BCUT2D eigenvalue weighted by Crippen LogP contribution is -2.60. The Balaban J connectivity index is 4.23. The third-order valence-corrected chi connectivity index (χ3v) is 2.03. The number of hydrogen-bond acceptors (Lipinski definition) is 3. The second-order valence-electron chi connectivity index (χ2n) is 3.44. The van der Waals surface area contributed by atoms with Gasteiger partial charge >= 0.3 is 0 Å². The summed E-state index contributed by atoms with van der Waals surface area (Å²) < 4.78 is 0. The maximum Gasteiger partial charge on any atom is 0.0786 e. The number of nitrogens with two attached hydrogens (primary N) is 2. The van der Waals surface area contributed by atoms with Gasteiger partial charge in [0.2, 0.25) is 0 Å². The van der Waals surface area contributed by atoms with E-state index in [4.69, 9.17) is 11.5 Å². The lowest BCUT2D eigenvalue weighted by atomic mass is 10.1. The molecule has 0 bridgehead atoms. The first-order valence-electron chi connectivity index (χ1n) is 4.21. The molecule has 0 aromatic carbocycles. The summed E-state index contributed by atoms with van der Waals surface area (Å²) in [5.74, 6) is 0. The van der Waals surface area contributed by atoms with Gasteiger partial charge in [0.1, 0.15) is 0 Å². The zero-order valence-electron chi connectivity index (χ0n) is 8.09. The second-order valence-corrected chi connectivity index (χ2v) is 3.44. The van der Waals surface area contributed by atoms with E-state index in [2.05, 4.69) is 25.7 Å². The first-order valence-corrected chi connectivity index (χ1v) is 4.21. The Bertz CT molecular complexity index is 110. The largest absolute Gasteiger partial charge is 0.328 e. The van der Waals surface area contributed by atoms with Crippen LogP contribution in [0.1, 0.15) is 27.7 Å². The van der Waals surface area contributed by atoms with Crippen molar-refractivity contribution in [3.63, 3.8) is 0 Å². The number of nitrogens with zero attached hydrogens (tertiary/aromatic N) is 1. The van der Waals surface area contributed by atoms with Crippen LogP contribution in [0.2, 0.25) is 0 Å². The molecule has 68 valence electrons. The van der Waals surface area contributed by atoms with E-state index >= 15 is 0 Å². The second kappa shape index (κ2) is 4.04. The van der Waals surface area contributed by atoms with Crippen molar-refractivity contribution in [2.24, 2.45) is 11.5 Å². The first-order chi connectivity index (χ1) is 4.95. The molecule has 0 radical (unpaired) electrons. The molecular formula is C8H21N3. The van der Waals surface area contributed by atoms with E-state index in [9.17, 15) is 0 Å². The minimum atomic E-state index is -0.358. The number of hydrogen-bond donors (Lipinski definition) is 2. The summed E-state index contributed by atoms with van der Waals surface area (Å²) in [7, 11) is 0. The smallest absolute Gasteiger partial charge is 0.0786 e. The Hall–Kier alpha value is -0.120. The molecule has 1 atom stereocenters. The van der Waals surface area contributed by atoms with Crippen LogP contribution in [-0.2, 0) is 0 Å². The van der Waals surface area contributed by atoms with Gasteiger partial charge < -0.3 is 11.5 Å². The van der Waals surface area contributed by atoms with Crippen molar-refractivity contribution >= 4 is 0 Å². The summed E-state index contributed by atoms with van der Waals surface area (Å²) in [6.45, 7) is 9.77. The average Bonchev–Trinajstić information content (AvgIpc) is 1.88. The van der Waals surface area contributed by atoms with Crippen LogP contribution in [0.4, 0.5) is 0 Å². The van der Waals surface area contributed by atoms with E-state index in [0.717, 1.165) is 6.54 Å². The molecule has 0 fully saturated rings. The molecule has 0 aliphatic heterocycles. The molecule has 0 saturated carbocycles. The van der Waals surface area contributed by atoms with Gasteiger partial charge in [0.25, 0.3) is 0 Å². The fraction of sp³-hybridized carbons (Fsp3) is 1.00. The Morgan fingerprint density at radius 1 is 1.45 bits per heavy atom. The minimum absolute atomic E-state index is 0.358. The van der Waals surface area contributed by atoms with E-state index in [1.807, 2.05) is 6.92 Å². The highest BCUT2D eigenvalue weighted by molar-refractivity contribution is 4.82. The highest BCUT2D eigenvalue weighted by atomic mass is 15.3. The molecule has 0 amide bonds. The summed E-state index contributed by atoms with van der Waals surface area (Å²) in [6, 6.07) is 0.457.